The van der Waals surface area contributed by atoms with Crippen LogP contribution < -0.4 is 0 Å². The molecular weight excluding hydrogens is 316 g/mol. The van der Waals surface area contributed by atoms with Crippen molar-refractivity contribution in [2.75, 3.05) is 27.4 Å². The van der Waals surface area contributed by atoms with Crippen molar-refractivity contribution < 1.29 is 28.6 Å². The molecule has 1 N–H and O–H groups in total. The molecule has 0 heterocycles. The van der Waals surface area contributed by atoms with Crippen LogP contribution in [0.25, 0.3) is 0 Å². The molecule has 0 aromatic carbocycles. The summed E-state index contributed by atoms with van der Waals surface area (Å²) in [5.41, 5.74) is 0. The van der Waals surface area contributed by atoms with E-state index in [-0.39, 0.29) is 35.4 Å². The van der Waals surface area contributed by atoms with Gasteiger partial charge in [-0.1, -0.05) is 20.8 Å². The van der Waals surface area contributed by atoms with Crippen LogP contribution in [0.3, 0.4) is 0 Å². The first kappa shape index (κ1) is 24.3. The first-order chi connectivity index (χ1) is 10.3. The topological polar surface area (TPSA) is 82.1 Å². The number of carbonyl (C=O) groups excluding carboxylic acids is 2. The highest BCUT2D eigenvalue weighted by molar-refractivity contribution is 6.74. The molecule has 0 fully saturated rings. The van der Waals surface area contributed by atoms with E-state index in [1.165, 1.54) is 14.2 Å². The van der Waals surface area contributed by atoms with Crippen LogP contribution in [0, 0.1) is 11.8 Å². The van der Waals surface area contributed by atoms with Gasteiger partial charge in [-0.3, -0.25) is 9.59 Å². The molecule has 6 nitrogen and oxygen atoms in total. The van der Waals surface area contributed by atoms with Gasteiger partial charge in [-0.15, -0.1) is 0 Å². The van der Waals surface area contributed by atoms with Gasteiger partial charge in [0.25, 0.3) is 0 Å². The summed E-state index contributed by atoms with van der Waals surface area (Å²) in [6.45, 7) is 14.7. The van der Waals surface area contributed by atoms with Gasteiger partial charge in [-0.2, -0.15) is 0 Å². The van der Waals surface area contributed by atoms with E-state index in [2.05, 4.69) is 43.3 Å². The highest BCUT2D eigenvalue weighted by Crippen LogP contribution is 2.36. The number of hydrogen-bond donors (Lipinski definition) is 1. The van der Waals surface area contributed by atoms with Gasteiger partial charge in [0.15, 0.2) is 8.32 Å². The number of rotatable bonds is 6. The Morgan fingerprint density at radius 3 is 1.65 bits per heavy atom. The molecule has 0 saturated carbocycles. The molecular formula is C16H34O6Si. The summed E-state index contributed by atoms with van der Waals surface area (Å²) in [5, 5.41) is 8.52. The quantitative estimate of drug-likeness (QED) is 0.586. The summed E-state index contributed by atoms with van der Waals surface area (Å²) in [7, 11) is 0.974. The van der Waals surface area contributed by atoms with Crippen LogP contribution in [0.5, 0.6) is 0 Å². The molecule has 0 aliphatic rings. The predicted octanol–water partition coefficient (Wildman–Crippen LogP) is 2.61. The van der Waals surface area contributed by atoms with Crippen LogP contribution in [0.1, 0.15) is 34.6 Å². The van der Waals surface area contributed by atoms with Crippen LogP contribution >= 0.6 is 0 Å². The SMILES string of the molecule is COC(=O)[C@H](C)CO.COC(=O)[C@H](C)CO[Si](C)(C)C(C)(C)C. The summed E-state index contributed by atoms with van der Waals surface area (Å²) in [6.07, 6.45) is 0. The third-order valence-electron chi connectivity index (χ3n) is 3.98. The fourth-order valence-corrected chi connectivity index (χ4v) is 2.19. The molecule has 138 valence electrons. The fraction of sp³-hybridized carbons (Fsp3) is 0.875. The normalized spacial score (nSPS) is 14.2. The lowest BCUT2D eigenvalue weighted by molar-refractivity contribution is -0.146. The Balaban J connectivity index is 0. The summed E-state index contributed by atoms with van der Waals surface area (Å²) < 4.78 is 14.9. The minimum absolute atomic E-state index is 0.146. The van der Waals surface area contributed by atoms with Gasteiger partial charge in [-0.25, -0.2) is 0 Å². The Morgan fingerprint density at radius 2 is 1.39 bits per heavy atom. The van der Waals surface area contributed by atoms with Crippen molar-refractivity contribution in [2.45, 2.75) is 52.8 Å². The first-order valence-corrected chi connectivity index (χ1v) is 10.6. The maximum absolute atomic E-state index is 11.2. The van der Waals surface area contributed by atoms with Crippen LogP contribution in [0.2, 0.25) is 18.1 Å². The van der Waals surface area contributed by atoms with Crippen LogP contribution in [-0.2, 0) is 23.5 Å². The van der Waals surface area contributed by atoms with E-state index in [1.807, 2.05) is 6.92 Å². The van der Waals surface area contributed by atoms with E-state index in [4.69, 9.17) is 9.53 Å². The van der Waals surface area contributed by atoms with Crippen molar-refractivity contribution in [3.63, 3.8) is 0 Å². The van der Waals surface area contributed by atoms with Crippen molar-refractivity contribution >= 4 is 20.3 Å². The minimum atomic E-state index is -1.73. The Labute approximate surface area is 141 Å². The molecule has 0 aliphatic carbocycles. The Hall–Kier alpha value is -0.923. The highest BCUT2D eigenvalue weighted by atomic mass is 28.4. The van der Waals surface area contributed by atoms with E-state index < -0.39 is 8.32 Å². The van der Waals surface area contributed by atoms with Gasteiger partial charge < -0.3 is 19.0 Å². The molecule has 0 saturated heterocycles. The third kappa shape index (κ3) is 9.73. The highest BCUT2D eigenvalue weighted by Gasteiger charge is 2.37. The molecule has 0 rings (SSSR count). The van der Waals surface area contributed by atoms with Gasteiger partial charge in [-0.05, 0) is 32.0 Å². The number of esters is 2. The lowest BCUT2D eigenvalue weighted by atomic mass is 10.2. The zero-order chi connectivity index (χ0) is 18.8. The predicted molar refractivity (Wildman–Crippen MR) is 92.6 cm³/mol. The number of aliphatic hydroxyl groups is 1. The van der Waals surface area contributed by atoms with E-state index in [0.717, 1.165) is 0 Å². The van der Waals surface area contributed by atoms with E-state index in [0.29, 0.717) is 6.61 Å². The van der Waals surface area contributed by atoms with Crippen LogP contribution in [0.4, 0.5) is 0 Å². The van der Waals surface area contributed by atoms with Crippen molar-refractivity contribution in [1.29, 1.82) is 0 Å². The van der Waals surface area contributed by atoms with E-state index >= 15 is 0 Å². The number of carbonyl (C=O) groups is 2. The maximum Gasteiger partial charge on any atom is 0.310 e. The van der Waals surface area contributed by atoms with Gasteiger partial charge >= 0.3 is 11.9 Å². The van der Waals surface area contributed by atoms with Crippen molar-refractivity contribution in [1.82, 2.24) is 0 Å². The Morgan fingerprint density at radius 1 is 1.00 bits per heavy atom. The number of ether oxygens (including phenoxy) is 2. The van der Waals surface area contributed by atoms with E-state index in [9.17, 15) is 9.59 Å². The lowest BCUT2D eigenvalue weighted by Crippen LogP contribution is -2.42. The first-order valence-electron chi connectivity index (χ1n) is 7.74. The summed E-state index contributed by atoms with van der Waals surface area (Å²) in [6, 6.07) is 0. The average Bonchev–Trinajstić information content (AvgIpc) is 2.49. The van der Waals surface area contributed by atoms with Gasteiger partial charge in [0.1, 0.15) is 0 Å². The average molecular weight is 351 g/mol. The van der Waals surface area contributed by atoms with Gasteiger partial charge in [0, 0.05) is 6.61 Å². The second kappa shape index (κ2) is 10.8. The summed E-state index contributed by atoms with van der Waals surface area (Å²) >= 11 is 0. The molecule has 23 heavy (non-hydrogen) atoms. The van der Waals surface area contributed by atoms with Gasteiger partial charge in [0.2, 0.25) is 0 Å². The second-order valence-electron chi connectivity index (χ2n) is 7.10. The number of aliphatic hydroxyl groups excluding tert-OH is 1. The van der Waals surface area contributed by atoms with E-state index in [1.54, 1.807) is 6.92 Å². The lowest BCUT2D eigenvalue weighted by Gasteiger charge is -2.36. The molecule has 0 radical (unpaired) electrons. The third-order valence-corrected chi connectivity index (χ3v) is 8.48. The van der Waals surface area contributed by atoms with Crippen LogP contribution in [-0.4, -0.2) is 52.8 Å². The minimum Gasteiger partial charge on any atom is -0.469 e. The van der Waals surface area contributed by atoms with Crippen molar-refractivity contribution in [3.05, 3.63) is 0 Å². The largest absolute Gasteiger partial charge is 0.469 e. The van der Waals surface area contributed by atoms with Crippen molar-refractivity contribution in [2.24, 2.45) is 11.8 Å². The van der Waals surface area contributed by atoms with Crippen molar-refractivity contribution in [3.8, 4) is 0 Å². The Kier molecular flexibility index (Phi) is 11.4. The zero-order valence-corrected chi connectivity index (χ0v) is 17.1. The molecule has 7 heteroatoms. The second-order valence-corrected chi connectivity index (χ2v) is 11.9. The molecule has 0 spiro atoms. The summed E-state index contributed by atoms with van der Waals surface area (Å²) in [4.78, 5) is 21.6. The Bertz CT molecular complexity index is 362. The monoisotopic (exact) mass is 350 g/mol. The molecule has 0 amide bonds. The number of methoxy groups -OCH3 is 2. The molecule has 0 aromatic rings. The molecule has 0 unspecified atom stereocenters. The smallest absolute Gasteiger partial charge is 0.310 e. The molecule has 0 aromatic heterocycles. The molecule has 0 bridgehead atoms. The molecule has 2 atom stereocenters. The van der Waals surface area contributed by atoms with Crippen LogP contribution in [0.15, 0.2) is 0 Å². The summed E-state index contributed by atoms with van der Waals surface area (Å²) in [5.74, 6) is -1.13. The number of hydrogen-bond acceptors (Lipinski definition) is 6. The molecule has 0 aliphatic heterocycles. The van der Waals surface area contributed by atoms with Gasteiger partial charge in [0.05, 0.1) is 32.7 Å². The standard InChI is InChI=1S/C11H24O3Si.C5H10O3/c1-9(10(12)13-5)8-14-15(6,7)11(2,3)4;1-4(3-6)5(7)8-2/h9H,8H2,1-7H3;4,6H,3H2,1-2H3/t9-;4-/m11/s1. The maximum atomic E-state index is 11.2. The fourth-order valence-electron chi connectivity index (χ4n) is 1.09. The zero-order valence-electron chi connectivity index (χ0n) is 16.1.